The highest BCUT2D eigenvalue weighted by Gasteiger charge is 2.28. The summed E-state index contributed by atoms with van der Waals surface area (Å²) < 4.78 is 26.1. The number of carbonyl (C=O) groups excluding carboxylic acids is 1. The van der Waals surface area contributed by atoms with Crippen molar-refractivity contribution in [3.63, 3.8) is 0 Å². The molecule has 0 saturated carbocycles. The first-order valence-electron chi connectivity index (χ1n) is 9.59. The van der Waals surface area contributed by atoms with Gasteiger partial charge >= 0.3 is 0 Å². The molecule has 3 aromatic heterocycles. The van der Waals surface area contributed by atoms with Gasteiger partial charge in [-0.3, -0.25) is 4.79 Å². The number of nitrogens with one attached hydrogen (secondary N) is 2. The molecule has 158 valence electrons. The lowest BCUT2D eigenvalue weighted by Gasteiger charge is -2.40. The molecule has 0 bridgehead atoms. The second-order valence-corrected chi connectivity index (χ2v) is 7.36. The third-order valence-electron chi connectivity index (χ3n) is 4.85. The molecule has 1 fully saturated rings. The first kappa shape index (κ1) is 20.1. The quantitative estimate of drug-likeness (QED) is 0.604. The van der Waals surface area contributed by atoms with Crippen molar-refractivity contribution in [2.24, 2.45) is 5.92 Å². The average Bonchev–Trinajstić information content (AvgIpc) is 3.04. The van der Waals surface area contributed by atoms with E-state index in [1.54, 1.807) is 12.4 Å². The minimum Gasteiger partial charge on any atom is -0.355 e. The Morgan fingerprint density at radius 2 is 2.00 bits per heavy atom. The van der Waals surface area contributed by atoms with Gasteiger partial charge in [0.05, 0.1) is 36.5 Å². The predicted octanol–water partition coefficient (Wildman–Crippen LogP) is 1.68. The zero-order valence-corrected chi connectivity index (χ0v) is 16.6. The van der Waals surface area contributed by atoms with Crippen LogP contribution in [0.15, 0.2) is 24.8 Å². The number of alkyl halides is 2. The van der Waals surface area contributed by atoms with Gasteiger partial charge in [-0.25, -0.2) is 28.7 Å². The molecule has 0 radical (unpaired) electrons. The molecule has 0 aliphatic carbocycles. The minimum absolute atomic E-state index is 0.177. The molecule has 4 rings (SSSR count). The molecule has 0 spiro atoms. The number of carbonyl (C=O) groups is 1. The van der Waals surface area contributed by atoms with Crippen LogP contribution in [-0.2, 0) is 0 Å². The number of halogens is 2. The fourth-order valence-corrected chi connectivity index (χ4v) is 3.40. The Morgan fingerprint density at radius 3 is 2.70 bits per heavy atom. The maximum atomic E-state index is 12.5. The highest BCUT2D eigenvalue weighted by molar-refractivity contribution is 6.02. The van der Waals surface area contributed by atoms with Crippen LogP contribution in [0.5, 0.6) is 0 Å². The Kier molecular flexibility index (Phi) is 5.53. The van der Waals surface area contributed by atoms with Crippen molar-refractivity contribution < 1.29 is 13.6 Å². The number of rotatable bonds is 7. The van der Waals surface area contributed by atoms with E-state index >= 15 is 0 Å². The summed E-state index contributed by atoms with van der Waals surface area (Å²) in [6.45, 7) is 5.40. The van der Waals surface area contributed by atoms with Gasteiger partial charge in [0.1, 0.15) is 17.3 Å². The van der Waals surface area contributed by atoms with Gasteiger partial charge in [0, 0.05) is 31.7 Å². The summed E-state index contributed by atoms with van der Waals surface area (Å²) in [5.74, 6) is 0.940. The van der Waals surface area contributed by atoms with Crippen molar-refractivity contribution in [1.82, 2.24) is 29.7 Å². The van der Waals surface area contributed by atoms with Crippen molar-refractivity contribution in [3.8, 4) is 0 Å². The normalized spacial score (nSPS) is 14.4. The highest BCUT2D eigenvalue weighted by Crippen LogP contribution is 2.21. The summed E-state index contributed by atoms with van der Waals surface area (Å²) in [7, 11) is 0. The van der Waals surface area contributed by atoms with Gasteiger partial charge in [-0.15, -0.1) is 0 Å². The monoisotopic (exact) mass is 416 g/mol. The Morgan fingerprint density at radius 1 is 1.20 bits per heavy atom. The average molecular weight is 416 g/mol. The highest BCUT2D eigenvalue weighted by atomic mass is 19.3. The lowest BCUT2D eigenvalue weighted by atomic mass is 10.0. The number of amides is 1. The van der Waals surface area contributed by atoms with Crippen LogP contribution in [0.4, 0.5) is 20.4 Å². The largest absolute Gasteiger partial charge is 0.355 e. The van der Waals surface area contributed by atoms with Crippen molar-refractivity contribution in [2.75, 3.05) is 36.4 Å². The summed E-state index contributed by atoms with van der Waals surface area (Å²) >= 11 is 0. The number of anilines is 2. The second kappa shape index (κ2) is 8.27. The van der Waals surface area contributed by atoms with E-state index in [1.807, 2.05) is 29.3 Å². The number of imidazole rings is 1. The summed E-state index contributed by atoms with van der Waals surface area (Å²) in [5, 5.41) is 5.48. The van der Waals surface area contributed by atoms with Crippen molar-refractivity contribution >= 4 is 23.2 Å². The number of hydrogen-bond donors (Lipinski definition) is 2. The van der Waals surface area contributed by atoms with E-state index in [1.165, 1.54) is 6.20 Å². The van der Waals surface area contributed by atoms with Crippen molar-refractivity contribution in [1.29, 1.82) is 0 Å². The fraction of sp³-hybridized carbons (Fsp3) is 0.421. The van der Waals surface area contributed by atoms with Crippen LogP contribution < -0.4 is 15.5 Å². The van der Waals surface area contributed by atoms with Crippen LogP contribution >= 0.6 is 0 Å². The van der Waals surface area contributed by atoms with Crippen LogP contribution in [-0.4, -0.2) is 62.8 Å². The SMILES string of the molecule is Cc1cn2cc(NC(=O)c3cnc(N4CC(CNCC(F)F)C4)cn3)nc(C)c2n1. The molecular weight excluding hydrogens is 394 g/mol. The maximum absolute atomic E-state index is 12.5. The summed E-state index contributed by atoms with van der Waals surface area (Å²) in [6.07, 6.45) is 4.18. The van der Waals surface area contributed by atoms with Crippen LogP contribution in [0.25, 0.3) is 5.65 Å². The number of aromatic nitrogens is 5. The number of fused-ring (bicyclic) bond motifs is 1. The van der Waals surface area contributed by atoms with E-state index in [-0.39, 0.29) is 12.2 Å². The van der Waals surface area contributed by atoms with E-state index < -0.39 is 12.3 Å². The van der Waals surface area contributed by atoms with Crippen LogP contribution in [0.3, 0.4) is 0 Å². The predicted molar refractivity (Wildman–Crippen MR) is 107 cm³/mol. The Hall–Kier alpha value is -3.21. The molecule has 0 atom stereocenters. The topological polar surface area (TPSA) is 100 Å². The first-order valence-corrected chi connectivity index (χ1v) is 9.59. The van der Waals surface area contributed by atoms with Crippen molar-refractivity contribution in [3.05, 3.63) is 41.9 Å². The van der Waals surface area contributed by atoms with Crippen LogP contribution in [0.1, 0.15) is 21.9 Å². The van der Waals surface area contributed by atoms with Gasteiger partial charge in [0.15, 0.2) is 5.65 Å². The van der Waals surface area contributed by atoms with Gasteiger partial charge in [0.2, 0.25) is 0 Å². The summed E-state index contributed by atoms with van der Waals surface area (Å²) in [5.41, 5.74) is 2.49. The smallest absolute Gasteiger partial charge is 0.277 e. The third kappa shape index (κ3) is 4.35. The van der Waals surface area contributed by atoms with Crippen LogP contribution in [0.2, 0.25) is 0 Å². The molecule has 4 heterocycles. The molecule has 1 aliphatic heterocycles. The zero-order chi connectivity index (χ0) is 21.3. The molecule has 0 aromatic carbocycles. The van der Waals surface area contributed by atoms with Gasteiger partial charge in [-0.1, -0.05) is 0 Å². The second-order valence-electron chi connectivity index (χ2n) is 7.36. The minimum atomic E-state index is -2.34. The molecule has 30 heavy (non-hydrogen) atoms. The standard InChI is InChI=1S/C19H22F2N8O/c1-11-7-29-10-16(26-12(2)18(29)25-11)27-19(30)14-4-24-17(6-23-14)28-8-13(9-28)3-22-5-15(20)21/h4,6-7,10,13,15,22H,3,5,8-9H2,1-2H3,(H,27,30). The molecule has 1 saturated heterocycles. The molecule has 9 nitrogen and oxygen atoms in total. The van der Waals surface area contributed by atoms with E-state index in [4.69, 9.17) is 0 Å². The van der Waals surface area contributed by atoms with E-state index in [9.17, 15) is 13.6 Å². The van der Waals surface area contributed by atoms with E-state index in [2.05, 4.69) is 30.6 Å². The molecule has 0 unspecified atom stereocenters. The molecule has 1 aliphatic rings. The van der Waals surface area contributed by atoms with E-state index in [0.717, 1.165) is 11.3 Å². The molecule has 2 N–H and O–H groups in total. The summed E-state index contributed by atoms with van der Waals surface area (Å²) in [4.78, 5) is 31.7. The first-order chi connectivity index (χ1) is 14.4. The van der Waals surface area contributed by atoms with Crippen LogP contribution in [0, 0.1) is 19.8 Å². The summed E-state index contributed by atoms with van der Waals surface area (Å²) in [6, 6.07) is 0. The zero-order valence-electron chi connectivity index (χ0n) is 16.6. The Balaban J connectivity index is 1.34. The van der Waals surface area contributed by atoms with Crippen molar-refractivity contribution in [2.45, 2.75) is 20.3 Å². The Labute approximate surface area is 171 Å². The van der Waals surface area contributed by atoms with Gasteiger partial charge in [-0.2, -0.15) is 0 Å². The van der Waals surface area contributed by atoms with Gasteiger partial charge < -0.3 is 19.9 Å². The van der Waals surface area contributed by atoms with Gasteiger partial charge in [0.25, 0.3) is 12.3 Å². The molecule has 3 aromatic rings. The Bertz CT molecular complexity index is 1050. The van der Waals surface area contributed by atoms with E-state index in [0.29, 0.717) is 42.9 Å². The molecule has 11 heteroatoms. The number of hydrogen-bond acceptors (Lipinski definition) is 7. The lowest BCUT2D eigenvalue weighted by molar-refractivity contribution is 0.102. The third-order valence-corrected chi connectivity index (χ3v) is 4.85. The number of aryl methyl sites for hydroxylation is 2. The lowest BCUT2D eigenvalue weighted by Crippen LogP contribution is -2.51. The molecule has 1 amide bonds. The fourth-order valence-electron chi connectivity index (χ4n) is 3.40. The maximum Gasteiger partial charge on any atom is 0.277 e. The van der Waals surface area contributed by atoms with Gasteiger partial charge in [-0.05, 0) is 13.8 Å². The molecular formula is C19H22F2N8O. The number of nitrogens with zero attached hydrogens (tertiary/aromatic N) is 6.